The lowest BCUT2D eigenvalue weighted by Crippen LogP contribution is -2.17. The Morgan fingerprint density at radius 2 is 1.81 bits per heavy atom. The number of halogens is 1. The molecule has 1 aliphatic rings. The van der Waals surface area contributed by atoms with Gasteiger partial charge in [-0.2, -0.15) is 0 Å². The first-order valence-corrected chi connectivity index (χ1v) is 12.0. The molecule has 0 spiro atoms. The smallest absolute Gasteiger partial charge is 0.234 e. The number of carbonyl (C=O) groups excluding carboxylic acids is 1. The number of hydrogen-bond acceptors (Lipinski definition) is 4. The number of amides is 1. The maximum Gasteiger partial charge on any atom is 0.234 e. The Morgan fingerprint density at radius 3 is 2.48 bits per heavy atom. The molecule has 0 unspecified atom stereocenters. The number of thioether (sulfide) groups is 1. The summed E-state index contributed by atoms with van der Waals surface area (Å²) in [5, 5.41) is 13.4. The second kappa shape index (κ2) is 9.45. The predicted octanol–water partition coefficient (Wildman–Crippen LogP) is 6.37. The quantitative estimate of drug-likeness (QED) is 0.439. The van der Waals surface area contributed by atoms with Gasteiger partial charge in [0.15, 0.2) is 11.0 Å². The van der Waals surface area contributed by atoms with Crippen molar-refractivity contribution in [3.63, 3.8) is 0 Å². The highest BCUT2D eigenvalue weighted by atomic mass is 35.5. The van der Waals surface area contributed by atoms with Crippen molar-refractivity contribution >= 4 is 35.0 Å². The third-order valence-corrected chi connectivity index (χ3v) is 7.02. The van der Waals surface area contributed by atoms with Crippen LogP contribution in [-0.2, 0) is 4.79 Å². The minimum Gasteiger partial charge on any atom is -0.325 e. The SMILES string of the molecule is Cc1cc(C)c(NC(=O)CSc2nnc(-c3ccccc3Cl)n2C2CCCC2)c(C)c1. The summed E-state index contributed by atoms with van der Waals surface area (Å²) in [6, 6.07) is 12.2. The van der Waals surface area contributed by atoms with Gasteiger partial charge in [0.2, 0.25) is 5.91 Å². The zero-order valence-electron chi connectivity index (χ0n) is 18.1. The number of aromatic nitrogens is 3. The molecule has 1 saturated carbocycles. The van der Waals surface area contributed by atoms with Gasteiger partial charge in [0.05, 0.1) is 10.8 Å². The number of rotatable bonds is 6. The van der Waals surface area contributed by atoms with Gasteiger partial charge in [-0.15, -0.1) is 10.2 Å². The Balaban J connectivity index is 1.55. The van der Waals surface area contributed by atoms with Crippen molar-refractivity contribution in [3.05, 3.63) is 58.1 Å². The van der Waals surface area contributed by atoms with Crippen LogP contribution in [0.4, 0.5) is 5.69 Å². The van der Waals surface area contributed by atoms with Crippen LogP contribution in [0, 0.1) is 20.8 Å². The molecule has 1 aromatic heterocycles. The van der Waals surface area contributed by atoms with Crippen LogP contribution in [0.3, 0.4) is 0 Å². The molecule has 0 aliphatic heterocycles. The van der Waals surface area contributed by atoms with E-state index in [1.807, 2.05) is 38.1 Å². The van der Waals surface area contributed by atoms with Crippen molar-refractivity contribution in [2.75, 3.05) is 11.1 Å². The first kappa shape index (κ1) is 21.9. The van der Waals surface area contributed by atoms with E-state index >= 15 is 0 Å². The van der Waals surface area contributed by atoms with Crippen molar-refractivity contribution < 1.29 is 4.79 Å². The Kier molecular flexibility index (Phi) is 6.68. The summed E-state index contributed by atoms with van der Waals surface area (Å²) < 4.78 is 2.19. The fourth-order valence-corrected chi connectivity index (χ4v) is 5.40. The molecule has 31 heavy (non-hydrogen) atoms. The predicted molar refractivity (Wildman–Crippen MR) is 128 cm³/mol. The van der Waals surface area contributed by atoms with E-state index in [2.05, 4.69) is 39.1 Å². The molecule has 5 nitrogen and oxygen atoms in total. The van der Waals surface area contributed by atoms with Gasteiger partial charge >= 0.3 is 0 Å². The molecule has 1 heterocycles. The van der Waals surface area contributed by atoms with Gasteiger partial charge in [-0.25, -0.2) is 0 Å². The fraction of sp³-hybridized carbons (Fsp3) is 0.375. The van der Waals surface area contributed by atoms with Crippen LogP contribution in [0.15, 0.2) is 41.6 Å². The molecule has 4 rings (SSSR count). The third-order valence-electron chi connectivity index (χ3n) is 5.74. The number of benzene rings is 2. The largest absolute Gasteiger partial charge is 0.325 e. The number of hydrogen-bond donors (Lipinski definition) is 1. The number of nitrogens with zero attached hydrogens (tertiary/aromatic N) is 3. The summed E-state index contributed by atoms with van der Waals surface area (Å²) in [5.41, 5.74) is 5.12. The summed E-state index contributed by atoms with van der Waals surface area (Å²) >= 11 is 7.88. The van der Waals surface area contributed by atoms with E-state index in [-0.39, 0.29) is 11.7 Å². The second-order valence-electron chi connectivity index (χ2n) is 8.20. The lowest BCUT2D eigenvalue weighted by atomic mass is 10.1. The molecule has 2 aromatic carbocycles. The molecule has 0 bridgehead atoms. The minimum absolute atomic E-state index is 0.0414. The Bertz CT molecular complexity index is 1080. The minimum atomic E-state index is -0.0414. The second-order valence-corrected chi connectivity index (χ2v) is 9.55. The van der Waals surface area contributed by atoms with Crippen molar-refractivity contribution in [2.24, 2.45) is 0 Å². The average molecular weight is 455 g/mol. The molecular weight excluding hydrogens is 428 g/mol. The highest BCUT2D eigenvalue weighted by Crippen LogP contribution is 2.38. The van der Waals surface area contributed by atoms with Crippen LogP contribution in [0.1, 0.15) is 48.4 Å². The van der Waals surface area contributed by atoms with E-state index in [4.69, 9.17) is 11.6 Å². The molecular formula is C24H27ClN4OS. The van der Waals surface area contributed by atoms with Crippen LogP contribution in [0.2, 0.25) is 5.02 Å². The topological polar surface area (TPSA) is 59.8 Å². The van der Waals surface area contributed by atoms with Gasteiger partial charge in [-0.05, 0) is 56.9 Å². The molecule has 0 atom stereocenters. The molecule has 1 amide bonds. The van der Waals surface area contributed by atoms with Gasteiger partial charge in [0, 0.05) is 17.3 Å². The number of aryl methyl sites for hydroxylation is 3. The summed E-state index contributed by atoms with van der Waals surface area (Å²) in [7, 11) is 0. The van der Waals surface area contributed by atoms with E-state index in [0.29, 0.717) is 11.1 Å². The molecule has 1 fully saturated rings. The fourth-order valence-electron chi connectivity index (χ4n) is 4.38. The maximum absolute atomic E-state index is 12.7. The first-order valence-electron chi connectivity index (χ1n) is 10.6. The number of nitrogens with one attached hydrogen (secondary N) is 1. The zero-order chi connectivity index (χ0) is 22.0. The van der Waals surface area contributed by atoms with Gasteiger partial charge in [0.25, 0.3) is 0 Å². The van der Waals surface area contributed by atoms with Crippen LogP contribution >= 0.6 is 23.4 Å². The average Bonchev–Trinajstić information content (AvgIpc) is 3.39. The monoisotopic (exact) mass is 454 g/mol. The summed E-state index contributed by atoms with van der Waals surface area (Å²) in [5.74, 6) is 1.02. The van der Waals surface area contributed by atoms with Crippen LogP contribution in [-0.4, -0.2) is 26.4 Å². The molecule has 1 N–H and O–H groups in total. The van der Waals surface area contributed by atoms with Crippen molar-refractivity contribution in [1.29, 1.82) is 0 Å². The van der Waals surface area contributed by atoms with E-state index in [1.165, 1.54) is 30.2 Å². The summed E-state index contributed by atoms with van der Waals surface area (Å²) in [4.78, 5) is 12.7. The zero-order valence-corrected chi connectivity index (χ0v) is 19.7. The Labute approximate surface area is 192 Å². The highest BCUT2D eigenvalue weighted by Gasteiger charge is 2.26. The standard InChI is InChI=1S/C24H27ClN4OS/c1-15-12-16(2)22(17(3)13-15)26-21(30)14-31-24-28-27-23(19-10-6-7-11-20(19)25)29(24)18-8-4-5-9-18/h6-7,10-13,18H,4-5,8-9,14H2,1-3H3,(H,26,30). The van der Waals surface area contributed by atoms with E-state index in [9.17, 15) is 4.79 Å². The lowest BCUT2D eigenvalue weighted by molar-refractivity contribution is -0.113. The van der Waals surface area contributed by atoms with Gasteiger partial charge in [-0.1, -0.05) is 66.0 Å². The highest BCUT2D eigenvalue weighted by molar-refractivity contribution is 7.99. The molecule has 7 heteroatoms. The summed E-state index contributed by atoms with van der Waals surface area (Å²) in [6.07, 6.45) is 4.58. The van der Waals surface area contributed by atoms with Crippen LogP contribution < -0.4 is 5.32 Å². The van der Waals surface area contributed by atoms with Crippen molar-refractivity contribution in [2.45, 2.75) is 57.7 Å². The van der Waals surface area contributed by atoms with Gasteiger partial charge in [0.1, 0.15) is 0 Å². The van der Waals surface area contributed by atoms with Gasteiger partial charge < -0.3 is 5.32 Å². The first-order chi connectivity index (χ1) is 14.9. The molecule has 0 saturated heterocycles. The summed E-state index contributed by atoms with van der Waals surface area (Å²) in [6.45, 7) is 6.11. The Morgan fingerprint density at radius 1 is 1.13 bits per heavy atom. The third kappa shape index (κ3) is 4.80. The van der Waals surface area contributed by atoms with Crippen molar-refractivity contribution in [1.82, 2.24) is 14.8 Å². The van der Waals surface area contributed by atoms with E-state index in [1.54, 1.807) is 0 Å². The maximum atomic E-state index is 12.7. The van der Waals surface area contributed by atoms with Crippen LogP contribution in [0.5, 0.6) is 0 Å². The number of carbonyl (C=O) groups is 1. The number of anilines is 1. The lowest BCUT2D eigenvalue weighted by Gasteiger charge is -2.17. The molecule has 0 radical (unpaired) electrons. The van der Waals surface area contributed by atoms with E-state index < -0.39 is 0 Å². The molecule has 1 aliphatic carbocycles. The van der Waals surface area contributed by atoms with Crippen molar-refractivity contribution in [3.8, 4) is 11.4 Å². The van der Waals surface area contributed by atoms with E-state index in [0.717, 1.165) is 46.2 Å². The normalized spacial score (nSPS) is 14.2. The molecule has 162 valence electrons. The molecule has 3 aromatic rings. The van der Waals surface area contributed by atoms with Gasteiger partial charge in [-0.3, -0.25) is 9.36 Å². The van der Waals surface area contributed by atoms with Crippen LogP contribution in [0.25, 0.3) is 11.4 Å². The Hall–Kier alpha value is -2.31.